The van der Waals surface area contributed by atoms with Crippen LogP contribution in [0.2, 0.25) is 0 Å². The lowest BCUT2D eigenvalue weighted by molar-refractivity contribution is 1.22. The van der Waals surface area contributed by atoms with Gasteiger partial charge >= 0.3 is 0 Å². The molecule has 0 aromatic carbocycles. The molecule has 6 heteroatoms. The van der Waals surface area contributed by atoms with E-state index in [0.717, 1.165) is 11.0 Å². The Bertz CT molecular complexity index is 631. The van der Waals surface area contributed by atoms with Gasteiger partial charge in [0.1, 0.15) is 11.0 Å². The third-order valence-electron chi connectivity index (χ3n) is 2.49. The van der Waals surface area contributed by atoms with Crippen molar-refractivity contribution < 1.29 is 0 Å². The minimum absolute atomic E-state index is 0.699. The highest BCUT2D eigenvalue weighted by Gasteiger charge is 1.90. The highest BCUT2D eigenvalue weighted by molar-refractivity contribution is 5.68. The Morgan fingerprint density at radius 1 is 0.450 bits per heavy atom. The molecule has 6 nitrogen and oxygen atoms in total. The van der Waals surface area contributed by atoms with E-state index < -0.39 is 0 Å². The van der Waals surface area contributed by atoms with E-state index in [0.29, 0.717) is 11.3 Å². The van der Waals surface area contributed by atoms with Crippen LogP contribution in [0.4, 0.5) is 0 Å². The highest BCUT2D eigenvalue weighted by atomic mass is 14.9. The Morgan fingerprint density at radius 2 is 0.850 bits per heavy atom. The topological polar surface area (TPSA) is 77.3 Å². The predicted octanol–water partition coefficient (Wildman–Crippen LogP) is 2.05. The van der Waals surface area contributed by atoms with Crippen molar-refractivity contribution in [1.29, 1.82) is 0 Å². The van der Waals surface area contributed by atoms with Crippen LogP contribution in [0, 0.1) is 0 Å². The predicted molar refractivity (Wildman–Crippen MR) is 74.7 cm³/mol. The van der Waals surface area contributed by atoms with E-state index >= 15 is 0 Å². The summed E-state index contributed by atoms with van der Waals surface area (Å²) < 4.78 is 0. The second-order valence-corrected chi connectivity index (χ2v) is 3.80. The van der Waals surface area contributed by atoms with Crippen molar-refractivity contribution in [2.45, 2.75) is 0 Å². The van der Waals surface area contributed by atoms with Crippen LogP contribution in [-0.4, -0.2) is 29.9 Å². The van der Waals surface area contributed by atoms with E-state index in [2.05, 4.69) is 29.9 Å². The van der Waals surface area contributed by atoms with E-state index in [-0.39, 0.29) is 0 Å². The monoisotopic (exact) mass is 262 g/mol. The lowest BCUT2D eigenvalue weighted by atomic mass is 10.4. The van der Waals surface area contributed by atoms with Crippen molar-refractivity contribution in [2.24, 2.45) is 0 Å². The molecular weight excluding hydrogens is 252 g/mol. The van der Waals surface area contributed by atoms with Gasteiger partial charge in [-0.2, -0.15) is 0 Å². The second-order valence-electron chi connectivity index (χ2n) is 3.80. The van der Waals surface area contributed by atoms with Crippen LogP contribution in [0.3, 0.4) is 0 Å². The minimum Gasteiger partial charge on any atom is -0.251 e. The van der Waals surface area contributed by atoms with Crippen LogP contribution >= 0.6 is 0 Å². The smallest absolute Gasteiger partial charge is 0.178 e. The lowest BCUT2D eigenvalue weighted by Gasteiger charge is -1.89. The van der Waals surface area contributed by atoms with Crippen molar-refractivity contribution >= 4 is 22.3 Å². The molecule has 0 aliphatic heterocycles. The van der Waals surface area contributed by atoms with Crippen LogP contribution in [0.1, 0.15) is 0 Å². The molecule has 0 N–H and O–H groups in total. The Labute approximate surface area is 114 Å². The van der Waals surface area contributed by atoms with Gasteiger partial charge in [0.25, 0.3) is 0 Å². The highest BCUT2D eigenvalue weighted by Crippen LogP contribution is 2.01. The SMILES string of the molecule is c1cnc2nccnc2c1.c1cnc2nccnc2c1. The maximum atomic E-state index is 4.06. The molecule has 0 amide bonds. The van der Waals surface area contributed by atoms with Crippen LogP contribution in [0.25, 0.3) is 22.3 Å². The molecule has 4 rings (SSSR count). The molecule has 96 valence electrons. The van der Waals surface area contributed by atoms with Gasteiger partial charge in [-0.05, 0) is 24.3 Å². The van der Waals surface area contributed by atoms with Gasteiger partial charge < -0.3 is 0 Å². The summed E-state index contributed by atoms with van der Waals surface area (Å²) in [5.41, 5.74) is 3.07. The molecule has 4 aromatic rings. The zero-order chi connectivity index (χ0) is 13.6. The number of aromatic nitrogens is 6. The van der Waals surface area contributed by atoms with Gasteiger partial charge in [0.15, 0.2) is 11.3 Å². The first-order valence-corrected chi connectivity index (χ1v) is 5.97. The number of hydrogen-bond donors (Lipinski definition) is 0. The third kappa shape index (κ3) is 2.69. The van der Waals surface area contributed by atoms with Crippen LogP contribution in [0.15, 0.2) is 61.4 Å². The Balaban J connectivity index is 0.000000121. The fourth-order valence-electron chi connectivity index (χ4n) is 1.61. The molecule has 0 aliphatic carbocycles. The van der Waals surface area contributed by atoms with E-state index in [1.165, 1.54) is 0 Å². The van der Waals surface area contributed by atoms with Gasteiger partial charge in [0, 0.05) is 37.2 Å². The van der Waals surface area contributed by atoms with Crippen molar-refractivity contribution in [3.05, 3.63) is 61.4 Å². The number of hydrogen-bond acceptors (Lipinski definition) is 6. The van der Waals surface area contributed by atoms with Crippen LogP contribution < -0.4 is 0 Å². The summed E-state index contributed by atoms with van der Waals surface area (Å²) in [7, 11) is 0. The summed E-state index contributed by atoms with van der Waals surface area (Å²) in [4.78, 5) is 24.1. The number of rotatable bonds is 0. The van der Waals surface area contributed by atoms with Crippen molar-refractivity contribution in [1.82, 2.24) is 29.9 Å². The molecule has 20 heavy (non-hydrogen) atoms. The first-order chi connectivity index (χ1) is 9.93. The summed E-state index contributed by atoms with van der Waals surface area (Å²) in [5, 5.41) is 0. The standard InChI is InChI=1S/2C7H5N3/c2*1-2-6-7(9-3-1)10-5-4-8-6/h2*1-5H. The molecule has 0 saturated heterocycles. The molecule has 0 unspecified atom stereocenters. The Hall–Kier alpha value is -3.02. The van der Waals surface area contributed by atoms with Gasteiger partial charge in [0.2, 0.25) is 0 Å². The first-order valence-electron chi connectivity index (χ1n) is 5.97. The Morgan fingerprint density at radius 3 is 1.30 bits per heavy atom. The average molecular weight is 262 g/mol. The first kappa shape index (κ1) is 12.0. The molecular formula is C14H10N6. The summed E-state index contributed by atoms with van der Waals surface area (Å²) in [6.07, 6.45) is 9.99. The maximum Gasteiger partial charge on any atom is 0.178 e. The second kappa shape index (κ2) is 5.75. The molecule has 4 aromatic heterocycles. The van der Waals surface area contributed by atoms with Crippen LogP contribution in [-0.2, 0) is 0 Å². The van der Waals surface area contributed by atoms with Gasteiger partial charge in [-0.1, -0.05) is 0 Å². The van der Waals surface area contributed by atoms with Crippen molar-refractivity contribution in [2.75, 3.05) is 0 Å². The third-order valence-corrected chi connectivity index (χ3v) is 2.49. The normalized spacial score (nSPS) is 10.0. The van der Waals surface area contributed by atoms with Gasteiger partial charge in [-0.25, -0.2) is 19.9 Å². The van der Waals surface area contributed by atoms with Gasteiger partial charge in [-0.3, -0.25) is 9.97 Å². The molecule has 0 bridgehead atoms. The number of pyridine rings is 2. The zero-order valence-electron chi connectivity index (χ0n) is 10.5. The number of fused-ring (bicyclic) bond motifs is 2. The zero-order valence-corrected chi connectivity index (χ0v) is 10.5. The van der Waals surface area contributed by atoms with E-state index in [4.69, 9.17) is 0 Å². The summed E-state index contributed by atoms with van der Waals surface area (Å²) in [5.74, 6) is 0. The quantitative estimate of drug-likeness (QED) is 0.482. The fraction of sp³-hybridized carbons (Fsp3) is 0. The molecule has 0 spiro atoms. The van der Waals surface area contributed by atoms with Crippen molar-refractivity contribution in [3.8, 4) is 0 Å². The maximum absolute atomic E-state index is 4.06. The van der Waals surface area contributed by atoms with E-state index in [1.807, 2.05) is 24.3 Å². The largest absolute Gasteiger partial charge is 0.251 e. The van der Waals surface area contributed by atoms with Gasteiger partial charge in [-0.15, -0.1) is 0 Å². The molecule has 0 fully saturated rings. The minimum atomic E-state index is 0.699. The van der Waals surface area contributed by atoms with Crippen molar-refractivity contribution in [3.63, 3.8) is 0 Å². The lowest BCUT2D eigenvalue weighted by Crippen LogP contribution is -1.83. The average Bonchev–Trinajstić information content (AvgIpc) is 2.56. The molecule has 0 aliphatic rings. The molecule has 0 radical (unpaired) electrons. The number of nitrogens with zero attached hydrogens (tertiary/aromatic N) is 6. The Kier molecular flexibility index (Phi) is 3.46. The summed E-state index contributed by atoms with van der Waals surface area (Å²) in [6.45, 7) is 0. The summed E-state index contributed by atoms with van der Waals surface area (Å²) >= 11 is 0. The fourth-order valence-corrected chi connectivity index (χ4v) is 1.61. The van der Waals surface area contributed by atoms with E-state index in [9.17, 15) is 0 Å². The molecule has 0 atom stereocenters. The molecule has 4 heterocycles. The van der Waals surface area contributed by atoms with Gasteiger partial charge in [0.05, 0.1) is 0 Å². The molecule has 0 saturated carbocycles. The van der Waals surface area contributed by atoms with Crippen LogP contribution in [0.5, 0.6) is 0 Å². The van der Waals surface area contributed by atoms with E-state index in [1.54, 1.807) is 37.2 Å². The summed E-state index contributed by atoms with van der Waals surface area (Å²) in [6, 6.07) is 7.46.